The van der Waals surface area contributed by atoms with Crippen LogP contribution in [0.5, 0.6) is 0 Å². The van der Waals surface area contributed by atoms with E-state index in [1.807, 2.05) is 30.5 Å². The van der Waals surface area contributed by atoms with Gasteiger partial charge in [-0.3, -0.25) is 4.79 Å². The zero-order valence-corrected chi connectivity index (χ0v) is 11.2. The van der Waals surface area contributed by atoms with E-state index in [2.05, 4.69) is 4.98 Å². The molecule has 106 valence electrons. The summed E-state index contributed by atoms with van der Waals surface area (Å²) in [4.78, 5) is 15.1. The maximum absolute atomic E-state index is 11.9. The number of H-pyrrole nitrogens is 1. The molecule has 1 saturated heterocycles. The van der Waals surface area contributed by atoms with Crippen LogP contribution in [0.25, 0.3) is 10.9 Å². The Hall–Kier alpha value is -1.85. The summed E-state index contributed by atoms with van der Waals surface area (Å²) in [5, 5.41) is 1.10. The number of hydrogen-bond acceptors (Lipinski definition) is 4. The number of rotatable bonds is 4. The van der Waals surface area contributed by atoms with E-state index < -0.39 is 6.04 Å². The number of carbonyl (C=O) groups excluding carboxylic acids is 1. The number of nitrogens with two attached hydrogens (primary N) is 1. The molecule has 0 amide bonds. The quantitative estimate of drug-likeness (QED) is 0.825. The molecule has 5 nitrogen and oxygen atoms in total. The minimum atomic E-state index is -0.644. The summed E-state index contributed by atoms with van der Waals surface area (Å²) in [6.45, 7) is 1.13. The molecule has 5 heteroatoms. The first-order valence-electron chi connectivity index (χ1n) is 6.83. The van der Waals surface area contributed by atoms with E-state index in [9.17, 15) is 4.79 Å². The van der Waals surface area contributed by atoms with E-state index in [0.717, 1.165) is 22.9 Å². The van der Waals surface area contributed by atoms with Crippen molar-refractivity contribution in [2.24, 2.45) is 5.73 Å². The van der Waals surface area contributed by atoms with Gasteiger partial charge < -0.3 is 20.2 Å². The lowest BCUT2D eigenvalue weighted by Gasteiger charge is -2.14. The summed E-state index contributed by atoms with van der Waals surface area (Å²) >= 11 is 0. The third kappa shape index (κ3) is 2.69. The predicted molar refractivity (Wildman–Crippen MR) is 75.3 cm³/mol. The first kappa shape index (κ1) is 13.1. The van der Waals surface area contributed by atoms with Crippen molar-refractivity contribution in [1.29, 1.82) is 0 Å². The van der Waals surface area contributed by atoms with Gasteiger partial charge in [-0.05, 0) is 11.6 Å². The molecule has 1 aromatic carbocycles. The lowest BCUT2D eigenvalue weighted by molar-refractivity contribution is -0.150. The number of ether oxygens (including phenoxy) is 2. The van der Waals surface area contributed by atoms with Gasteiger partial charge in [0.2, 0.25) is 0 Å². The van der Waals surface area contributed by atoms with E-state index in [0.29, 0.717) is 19.6 Å². The van der Waals surface area contributed by atoms with Gasteiger partial charge in [0.05, 0.1) is 13.2 Å². The number of esters is 1. The molecule has 2 aromatic rings. The number of carbonyl (C=O) groups is 1. The second kappa shape index (κ2) is 5.64. The van der Waals surface area contributed by atoms with E-state index in [-0.39, 0.29) is 12.1 Å². The first-order valence-corrected chi connectivity index (χ1v) is 6.83. The third-order valence-electron chi connectivity index (χ3n) is 3.59. The highest BCUT2D eigenvalue weighted by Gasteiger charge is 2.24. The first-order chi connectivity index (χ1) is 9.74. The zero-order valence-electron chi connectivity index (χ0n) is 11.2. The van der Waals surface area contributed by atoms with Gasteiger partial charge in [0, 0.05) is 29.9 Å². The molecule has 0 saturated carbocycles. The Morgan fingerprint density at radius 3 is 3.15 bits per heavy atom. The Bertz CT molecular complexity index is 602. The van der Waals surface area contributed by atoms with Gasteiger partial charge in [-0.2, -0.15) is 0 Å². The number of nitrogens with one attached hydrogen (secondary N) is 1. The van der Waals surface area contributed by atoms with Crippen molar-refractivity contribution in [3.63, 3.8) is 0 Å². The van der Waals surface area contributed by atoms with Crippen molar-refractivity contribution in [1.82, 2.24) is 4.98 Å². The van der Waals surface area contributed by atoms with Crippen molar-refractivity contribution in [2.75, 3.05) is 13.2 Å². The molecular weight excluding hydrogens is 256 g/mol. The van der Waals surface area contributed by atoms with Crippen molar-refractivity contribution in [3.05, 3.63) is 36.0 Å². The van der Waals surface area contributed by atoms with Crippen LogP contribution in [0.15, 0.2) is 30.5 Å². The summed E-state index contributed by atoms with van der Waals surface area (Å²) in [5.41, 5.74) is 8.03. The molecule has 1 aliphatic heterocycles. The second-order valence-electron chi connectivity index (χ2n) is 5.09. The van der Waals surface area contributed by atoms with Gasteiger partial charge in [-0.25, -0.2) is 0 Å². The predicted octanol–water partition coefficient (Wildman–Crippen LogP) is 1.37. The maximum Gasteiger partial charge on any atom is 0.323 e. The highest BCUT2D eigenvalue weighted by atomic mass is 16.6. The highest BCUT2D eigenvalue weighted by Crippen LogP contribution is 2.19. The minimum absolute atomic E-state index is 0.142. The van der Waals surface area contributed by atoms with Crippen molar-refractivity contribution in [2.45, 2.75) is 25.0 Å². The molecule has 2 atom stereocenters. The fraction of sp³-hybridized carbons (Fsp3) is 0.400. The normalized spacial score (nSPS) is 20.1. The smallest absolute Gasteiger partial charge is 0.323 e. The fourth-order valence-corrected chi connectivity index (χ4v) is 2.48. The maximum atomic E-state index is 11.9. The van der Waals surface area contributed by atoms with Gasteiger partial charge >= 0.3 is 5.97 Å². The van der Waals surface area contributed by atoms with Gasteiger partial charge in [-0.1, -0.05) is 18.2 Å². The number of benzene rings is 1. The Labute approximate surface area is 117 Å². The standard InChI is InChI=1S/C15H18N2O3/c16-13(15(18)20-11-5-6-19-9-11)7-10-8-17-14-4-2-1-3-12(10)14/h1-4,8,11,13,17H,5-7,9,16H2/t11?,13-/m1/s1. The van der Waals surface area contributed by atoms with Gasteiger partial charge in [0.25, 0.3) is 0 Å². The van der Waals surface area contributed by atoms with Crippen molar-refractivity contribution < 1.29 is 14.3 Å². The molecule has 1 fully saturated rings. The number of hydrogen-bond donors (Lipinski definition) is 2. The Morgan fingerprint density at radius 1 is 1.50 bits per heavy atom. The number of aromatic amines is 1. The van der Waals surface area contributed by atoms with Crippen LogP contribution in [0.4, 0.5) is 0 Å². The molecule has 3 N–H and O–H groups in total. The molecule has 0 spiro atoms. The Morgan fingerprint density at radius 2 is 2.35 bits per heavy atom. The SMILES string of the molecule is N[C@H](Cc1c[nH]c2ccccc12)C(=O)OC1CCOC1. The van der Waals surface area contributed by atoms with E-state index in [4.69, 9.17) is 15.2 Å². The lowest BCUT2D eigenvalue weighted by Crippen LogP contribution is -2.36. The molecule has 0 aliphatic carbocycles. The summed E-state index contributed by atoms with van der Waals surface area (Å²) in [5.74, 6) is -0.356. The van der Waals surface area contributed by atoms with Gasteiger partial charge in [-0.15, -0.1) is 0 Å². The van der Waals surface area contributed by atoms with Crippen LogP contribution in [0.2, 0.25) is 0 Å². The van der Waals surface area contributed by atoms with E-state index in [1.54, 1.807) is 0 Å². The molecule has 2 heterocycles. The molecule has 20 heavy (non-hydrogen) atoms. The van der Waals surface area contributed by atoms with Crippen molar-refractivity contribution in [3.8, 4) is 0 Å². The second-order valence-corrected chi connectivity index (χ2v) is 5.09. The van der Waals surface area contributed by atoms with Crippen LogP contribution in [-0.2, 0) is 20.7 Å². The molecule has 1 aromatic heterocycles. The minimum Gasteiger partial charge on any atom is -0.459 e. The molecular formula is C15H18N2O3. The Balaban J connectivity index is 1.65. The third-order valence-corrected chi connectivity index (χ3v) is 3.59. The summed E-state index contributed by atoms with van der Waals surface area (Å²) in [7, 11) is 0. The van der Waals surface area contributed by atoms with Crippen LogP contribution >= 0.6 is 0 Å². The van der Waals surface area contributed by atoms with Crippen LogP contribution < -0.4 is 5.73 Å². The molecule has 3 rings (SSSR count). The van der Waals surface area contributed by atoms with Gasteiger partial charge in [0.15, 0.2) is 0 Å². The monoisotopic (exact) mass is 274 g/mol. The average molecular weight is 274 g/mol. The van der Waals surface area contributed by atoms with Crippen molar-refractivity contribution >= 4 is 16.9 Å². The number of para-hydroxylation sites is 1. The fourth-order valence-electron chi connectivity index (χ4n) is 2.48. The largest absolute Gasteiger partial charge is 0.459 e. The van der Waals surface area contributed by atoms with E-state index in [1.165, 1.54) is 0 Å². The lowest BCUT2D eigenvalue weighted by atomic mass is 10.1. The van der Waals surface area contributed by atoms with E-state index >= 15 is 0 Å². The van der Waals surface area contributed by atoms with Crippen LogP contribution in [-0.4, -0.2) is 36.3 Å². The zero-order chi connectivity index (χ0) is 13.9. The molecule has 0 bridgehead atoms. The highest BCUT2D eigenvalue weighted by molar-refractivity contribution is 5.84. The topological polar surface area (TPSA) is 77.3 Å². The van der Waals surface area contributed by atoms with Crippen LogP contribution in [0.1, 0.15) is 12.0 Å². The molecule has 0 radical (unpaired) electrons. The summed E-state index contributed by atoms with van der Waals surface area (Å²) in [6, 6.07) is 7.31. The molecule has 1 aliphatic rings. The van der Waals surface area contributed by atoms with Gasteiger partial charge in [0.1, 0.15) is 12.1 Å². The van der Waals surface area contributed by atoms with Crippen LogP contribution in [0.3, 0.4) is 0 Å². The summed E-state index contributed by atoms with van der Waals surface area (Å²) < 4.78 is 10.5. The number of fused-ring (bicyclic) bond motifs is 1. The molecule has 1 unspecified atom stereocenters. The average Bonchev–Trinajstić information content (AvgIpc) is 3.09. The Kier molecular flexibility index (Phi) is 3.71. The van der Waals surface area contributed by atoms with Crippen LogP contribution in [0, 0.1) is 0 Å². The number of aromatic nitrogens is 1. The summed E-state index contributed by atoms with van der Waals surface area (Å²) in [6.07, 6.45) is 2.98.